The summed E-state index contributed by atoms with van der Waals surface area (Å²) in [6, 6.07) is 14.4. The average molecular weight is 259 g/mol. The zero-order chi connectivity index (χ0) is 11.8. The summed E-state index contributed by atoms with van der Waals surface area (Å²) < 4.78 is 0. The van der Waals surface area contributed by atoms with E-state index in [1.807, 2.05) is 23.9 Å². The van der Waals surface area contributed by atoms with Crippen molar-refractivity contribution in [1.29, 1.82) is 0 Å². The van der Waals surface area contributed by atoms with E-state index in [9.17, 15) is 0 Å². The average Bonchev–Trinajstić information content (AvgIpc) is 2.50. The first-order valence-corrected chi connectivity index (χ1v) is 6.82. The Hall–Kier alpha value is -1.18. The van der Waals surface area contributed by atoms with Gasteiger partial charge in [0.15, 0.2) is 0 Å². The molecule has 84 valence electrons. The van der Waals surface area contributed by atoms with Crippen molar-refractivity contribution in [3.63, 3.8) is 0 Å². The van der Waals surface area contributed by atoms with Gasteiger partial charge in [0.05, 0.1) is 0 Å². The molecule has 0 aliphatic carbocycles. The van der Waals surface area contributed by atoms with Gasteiger partial charge >= 0.3 is 0 Å². The van der Waals surface area contributed by atoms with Crippen molar-refractivity contribution in [3.8, 4) is 0 Å². The van der Waals surface area contributed by atoms with Gasteiger partial charge in [-0.2, -0.15) is 0 Å². The third-order valence-corrected chi connectivity index (χ3v) is 4.48. The maximum atomic E-state index is 6.27. The number of rotatable bonds is 0. The van der Waals surface area contributed by atoms with Crippen LogP contribution in [0, 0.1) is 0 Å². The summed E-state index contributed by atoms with van der Waals surface area (Å²) in [5, 5.41) is 0.837. The molecular weight excluding hydrogens is 248 g/mol. The fraction of sp³-hybridized carbons (Fsp3) is 0.0667. The van der Waals surface area contributed by atoms with E-state index >= 15 is 0 Å². The predicted molar refractivity (Wildman–Crippen MR) is 75.6 cm³/mol. The largest absolute Gasteiger partial charge is 0.121 e. The minimum Gasteiger partial charge on any atom is -0.121 e. The molecule has 1 aliphatic heterocycles. The Morgan fingerprint density at radius 2 is 1.76 bits per heavy atom. The summed E-state index contributed by atoms with van der Waals surface area (Å²) in [5.74, 6) is 0.908. The molecule has 1 aliphatic rings. The predicted octanol–water partition coefficient (Wildman–Crippen LogP) is 5.01. The first-order chi connectivity index (χ1) is 8.27. The third-order valence-electron chi connectivity index (χ3n) is 3.03. The second-order valence-corrected chi connectivity index (χ2v) is 5.45. The number of hydrogen-bond donors (Lipinski definition) is 0. The molecule has 0 atom stereocenters. The van der Waals surface area contributed by atoms with Gasteiger partial charge in [-0.25, -0.2) is 0 Å². The Morgan fingerprint density at radius 1 is 1.00 bits per heavy atom. The van der Waals surface area contributed by atoms with Crippen LogP contribution in [-0.2, 0) is 5.75 Å². The lowest BCUT2D eigenvalue weighted by atomic mass is 9.96. The lowest BCUT2D eigenvalue weighted by Crippen LogP contribution is -1.91. The van der Waals surface area contributed by atoms with Gasteiger partial charge in [0.1, 0.15) is 0 Å². The number of halogens is 1. The molecule has 17 heavy (non-hydrogen) atoms. The van der Waals surface area contributed by atoms with Gasteiger partial charge < -0.3 is 0 Å². The van der Waals surface area contributed by atoms with Gasteiger partial charge in [-0.3, -0.25) is 0 Å². The number of fused-ring (bicyclic) bond motifs is 2. The van der Waals surface area contributed by atoms with Gasteiger partial charge in [0.2, 0.25) is 0 Å². The highest BCUT2D eigenvalue weighted by molar-refractivity contribution is 7.98. The summed E-state index contributed by atoms with van der Waals surface area (Å²) in [7, 11) is 0. The normalized spacial score (nSPS) is 13.8. The fourth-order valence-electron chi connectivity index (χ4n) is 2.12. The Morgan fingerprint density at radius 3 is 2.65 bits per heavy atom. The smallest absolute Gasteiger partial charge is 0.0452 e. The van der Waals surface area contributed by atoms with Crippen molar-refractivity contribution < 1.29 is 0 Å². The molecule has 0 saturated heterocycles. The van der Waals surface area contributed by atoms with Crippen LogP contribution < -0.4 is 0 Å². The van der Waals surface area contributed by atoms with Crippen LogP contribution in [0.5, 0.6) is 0 Å². The van der Waals surface area contributed by atoms with Crippen molar-refractivity contribution in [2.45, 2.75) is 10.6 Å². The van der Waals surface area contributed by atoms with Crippen LogP contribution in [0.15, 0.2) is 53.9 Å². The molecule has 2 aromatic carbocycles. The molecule has 2 aromatic rings. The Labute approximate surface area is 110 Å². The first-order valence-electron chi connectivity index (χ1n) is 5.46. The monoisotopic (exact) mass is 258 g/mol. The van der Waals surface area contributed by atoms with Crippen molar-refractivity contribution in [1.82, 2.24) is 0 Å². The molecule has 0 unspecified atom stereocenters. The second kappa shape index (κ2) is 4.25. The molecule has 3 rings (SSSR count). The molecule has 0 N–H and O–H groups in total. The van der Waals surface area contributed by atoms with E-state index in [1.54, 1.807) is 0 Å². The van der Waals surface area contributed by atoms with Crippen LogP contribution in [0.25, 0.3) is 5.57 Å². The lowest BCUT2D eigenvalue weighted by Gasteiger charge is -2.09. The molecule has 0 amide bonds. The van der Waals surface area contributed by atoms with E-state index in [4.69, 9.17) is 11.6 Å². The Balaban J connectivity index is 2.24. The van der Waals surface area contributed by atoms with Crippen molar-refractivity contribution in [3.05, 3.63) is 70.8 Å². The highest BCUT2D eigenvalue weighted by Crippen LogP contribution is 2.41. The highest BCUT2D eigenvalue weighted by Gasteiger charge is 2.18. The highest BCUT2D eigenvalue weighted by atomic mass is 35.5. The van der Waals surface area contributed by atoms with Crippen LogP contribution >= 0.6 is 23.4 Å². The zero-order valence-electron chi connectivity index (χ0n) is 9.24. The van der Waals surface area contributed by atoms with E-state index in [0.29, 0.717) is 0 Å². The SMILES string of the molecule is C=C1c2ccccc2SCc2c(Cl)cccc21. The maximum absolute atomic E-state index is 6.27. The summed E-state index contributed by atoms with van der Waals surface area (Å²) in [6.45, 7) is 4.23. The number of thioether (sulfide) groups is 1. The van der Waals surface area contributed by atoms with Crippen molar-refractivity contribution in [2.24, 2.45) is 0 Å². The minimum absolute atomic E-state index is 0.837. The number of hydrogen-bond acceptors (Lipinski definition) is 1. The van der Waals surface area contributed by atoms with Crippen molar-refractivity contribution >= 4 is 28.9 Å². The van der Waals surface area contributed by atoms with Crippen LogP contribution in [0.1, 0.15) is 16.7 Å². The van der Waals surface area contributed by atoms with Crippen LogP contribution in [-0.4, -0.2) is 0 Å². The van der Waals surface area contributed by atoms with E-state index in [-0.39, 0.29) is 0 Å². The van der Waals surface area contributed by atoms with Gasteiger partial charge in [0.25, 0.3) is 0 Å². The first kappa shape index (κ1) is 10.9. The topological polar surface area (TPSA) is 0 Å². The van der Waals surface area contributed by atoms with Crippen LogP contribution in [0.4, 0.5) is 0 Å². The quantitative estimate of drug-likeness (QED) is 0.640. The lowest BCUT2D eigenvalue weighted by molar-refractivity contribution is 1.39. The third kappa shape index (κ3) is 1.80. The molecule has 0 nitrogen and oxygen atoms in total. The fourth-order valence-corrected chi connectivity index (χ4v) is 3.58. The molecule has 0 radical (unpaired) electrons. The summed E-state index contributed by atoms with van der Waals surface area (Å²) in [4.78, 5) is 1.28. The van der Waals surface area contributed by atoms with E-state index in [1.165, 1.54) is 21.6 Å². The van der Waals surface area contributed by atoms with Gasteiger partial charge in [-0.15, -0.1) is 11.8 Å². The van der Waals surface area contributed by atoms with E-state index in [2.05, 4.69) is 36.9 Å². The molecule has 0 spiro atoms. The maximum Gasteiger partial charge on any atom is 0.0452 e. The summed E-state index contributed by atoms with van der Waals surface area (Å²) in [5.41, 5.74) is 4.66. The second-order valence-electron chi connectivity index (χ2n) is 4.03. The Kier molecular flexibility index (Phi) is 2.73. The summed E-state index contributed by atoms with van der Waals surface area (Å²) >= 11 is 8.09. The Bertz CT molecular complexity index is 602. The van der Waals surface area contributed by atoms with Gasteiger partial charge in [-0.05, 0) is 34.4 Å². The van der Waals surface area contributed by atoms with Gasteiger partial charge in [-0.1, -0.05) is 48.5 Å². The molecule has 1 heterocycles. The van der Waals surface area contributed by atoms with Crippen LogP contribution in [0.3, 0.4) is 0 Å². The minimum atomic E-state index is 0.837. The molecule has 0 bridgehead atoms. The zero-order valence-corrected chi connectivity index (χ0v) is 10.8. The molecule has 0 aromatic heterocycles. The number of benzene rings is 2. The molecule has 0 saturated carbocycles. The molecule has 2 heteroatoms. The molecular formula is C15H11ClS. The van der Waals surface area contributed by atoms with E-state index < -0.39 is 0 Å². The van der Waals surface area contributed by atoms with Crippen LogP contribution in [0.2, 0.25) is 5.02 Å². The standard InChI is InChI=1S/C15H11ClS/c1-10-11-6-4-7-14(16)13(11)9-17-15-8-3-2-5-12(10)15/h2-8H,1,9H2. The van der Waals surface area contributed by atoms with E-state index in [0.717, 1.165) is 16.3 Å². The van der Waals surface area contributed by atoms with Crippen molar-refractivity contribution in [2.75, 3.05) is 0 Å². The molecule has 0 fully saturated rings. The van der Waals surface area contributed by atoms with Gasteiger partial charge in [0, 0.05) is 15.7 Å². The summed E-state index contributed by atoms with van der Waals surface area (Å²) in [6.07, 6.45) is 0.